The number of nitrogens with zero attached hydrogens (tertiary/aromatic N) is 4. The van der Waals surface area contributed by atoms with Crippen molar-refractivity contribution in [3.8, 4) is 0 Å². The lowest BCUT2D eigenvalue weighted by Gasteiger charge is -2.15. The average molecular weight is 311 g/mol. The number of likely N-dealkylation sites (tertiary alicyclic amines) is 1. The predicted molar refractivity (Wildman–Crippen MR) is 73.1 cm³/mol. The van der Waals surface area contributed by atoms with E-state index in [0.717, 1.165) is 56.0 Å². The van der Waals surface area contributed by atoms with Gasteiger partial charge in [-0.1, -0.05) is 17.3 Å². The number of halogens is 3. The van der Waals surface area contributed by atoms with Gasteiger partial charge in [-0.15, -0.1) is 10.2 Å². The van der Waals surface area contributed by atoms with Crippen LogP contribution in [0.2, 0.25) is 0 Å². The summed E-state index contributed by atoms with van der Waals surface area (Å²) < 4.78 is 37.5. The Morgan fingerprint density at radius 3 is 2.64 bits per heavy atom. The molecule has 1 aromatic heterocycles. The number of nitrogens with one attached hydrogen (secondary N) is 1. The average Bonchev–Trinajstić information content (AvgIpc) is 3.15. The van der Waals surface area contributed by atoms with Gasteiger partial charge in [-0.3, -0.25) is 0 Å². The van der Waals surface area contributed by atoms with Gasteiger partial charge in [0.15, 0.2) is 5.82 Å². The topological polar surface area (TPSA) is 57.7 Å². The second-order valence-electron chi connectivity index (χ2n) is 5.50. The lowest BCUT2D eigenvalue weighted by atomic mass is 10.1. The maximum absolute atomic E-state index is 12.5. The molecule has 1 fully saturated rings. The third kappa shape index (κ3) is 3.44. The van der Waals surface area contributed by atoms with Crippen molar-refractivity contribution in [3.63, 3.8) is 0 Å². The van der Waals surface area contributed by atoms with Gasteiger partial charge in [0.1, 0.15) is 0 Å². The van der Waals surface area contributed by atoms with Crippen LogP contribution in [0.3, 0.4) is 0 Å². The summed E-state index contributed by atoms with van der Waals surface area (Å²) in [4.78, 5) is 2.28. The first-order chi connectivity index (χ1) is 10.5. The SMILES string of the molecule is FC(F)(F)c1ccc(CCN2CCC(c3nn[nH]n3)C2)cc1. The summed E-state index contributed by atoms with van der Waals surface area (Å²) in [6.07, 6.45) is -2.56. The van der Waals surface area contributed by atoms with Crippen LogP contribution in [0.4, 0.5) is 13.2 Å². The highest BCUT2D eigenvalue weighted by Gasteiger charge is 2.30. The Bertz CT molecular complexity index is 594. The Hall–Kier alpha value is -1.96. The van der Waals surface area contributed by atoms with Crippen molar-refractivity contribution in [2.45, 2.75) is 24.9 Å². The van der Waals surface area contributed by atoms with Crippen molar-refractivity contribution in [3.05, 3.63) is 41.2 Å². The Labute approximate surface area is 125 Å². The quantitative estimate of drug-likeness (QED) is 0.941. The second-order valence-corrected chi connectivity index (χ2v) is 5.50. The summed E-state index contributed by atoms with van der Waals surface area (Å²) in [6, 6.07) is 5.38. The number of tetrazole rings is 1. The van der Waals surface area contributed by atoms with Crippen LogP contribution in [0.5, 0.6) is 0 Å². The third-order valence-electron chi connectivity index (χ3n) is 4.00. The minimum Gasteiger partial charge on any atom is -0.302 e. The van der Waals surface area contributed by atoms with Gasteiger partial charge in [0.2, 0.25) is 0 Å². The molecule has 22 heavy (non-hydrogen) atoms. The van der Waals surface area contributed by atoms with Crippen LogP contribution in [-0.4, -0.2) is 45.2 Å². The van der Waals surface area contributed by atoms with Gasteiger partial charge >= 0.3 is 6.18 Å². The minimum atomic E-state index is -4.27. The van der Waals surface area contributed by atoms with Gasteiger partial charge in [-0.2, -0.15) is 18.4 Å². The molecule has 2 heterocycles. The number of benzene rings is 1. The summed E-state index contributed by atoms with van der Waals surface area (Å²) in [5.74, 6) is 1.02. The third-order valence-corrected chi connectivity index (χ3v) is 4.00. The molecule has 1 unspecified atom stereocenters. The molecule has 0 aliphatic carbocycles. The molecule has 2 aromatic rings. The maximum atomic E-state index is 12.5. The highest BCUT2D eigenvalue weighted by atomic mass is 19.4. The van der Waals surface area contributed by atoms with Crippen LogP contribution in [0.25, 0.3) is 0 Å². The standard InChI is InChI=1S/C14H16F3N5/c15-14(16,17)12-3-1-10(2-4-12)5-7-22-8-6-11(9-22)13-18-20-21-19-13/h1-4,11H,5-9H2,(H,18,19,20,21). The zero-order valence-electron chi connectivity index (χ0n) is 11.8. The van der Waals surface area contributed by atoms with E-state index >= 15 is 0 Å². The van der Waals surface area contributed by atoms with Gasteiger partial charge in [0.05, 0.1) is 5.56 Å². The monoisotopic (exact) mass is 311 g/mol. The summed E-state index contributed by atoms with van der Waals surface area (Å²) in [5, 5.41) is 14.0. The molecule has 0 saturated carbocycles. The molecule has 0 radical (unpaired) electrons. The molecule has 8 heteroatoms. The van der Waals surface area contributed by atoms with Gasteiger partial charge in [0.25, 0.3) is 0 Å². The van der Waals surface area contributed by atoms with E-state index in [1.807, 2.05) is 0 Å². The highest BCUT2D eigenvalue weighted by Crippen LogP contribution is 2.29. The molecule has 0 amide bonds. The first-order valence-electron chi connectivity index (χ1n) is 7.14. The number of aromatic nitrogens is 4. The predicted octanol–water partition coefficient (Wildman–Crippen LogP) is 2.25. The Morgan fingerprint density at radius 1 is 1.23 bits per heavy atom. The van der Waals surface area contributed by atoms with Crippen molar-refractivity contribution in [1.29, 1.82) is 0 Å². The number of alkyl halides is 3. The van der Waals surface area contributed by atoms with Crippen molar-refractivity contribution < 1.29 is 13.2 Å². The molecule has 0 bridgehead atoms. The summed E-state index contributed by atoms with van der Waals surface area (Å²) in [6.45, 7) is 2.62. The van der Waals surface area contributed by atoms with Crippen LogP contribution < -0.4 is 0 Å². The zero-order valence-corrected chi connectivity index (χ0v) is 11.8. The van der Waals surface area contributed by atoms with Gasteiger partial charge in [0, 0.05) is 19.0 Å². The van der Waals surface area contributed by atoms with E-state index in [4.69, 9.17) is 0 Å². The van der Waals surface area contributed by atoms with Crippen LogP contribution in [-0.2, 0) is 12.6 Å². The smallest absolute Gasteiger partial charge is 0.302 e. The second kappa shape index (κ2) is 6.04. The molecule has 118 valence electrons. The van der Waals surface area contributed by atoms with Crippen molar-refractivity contribution in [2.24, 2.45) is 0 Å². The maximum Gasteiger partial charge on any atom is 0.416 e. The lowest BCUT2D eigenvalue weighted by Crippen LogP contribution is -2.23. The van der Waals surface area contributed by atoms with Gasteiger partial charge < -0.3 is 4.90 Å². The minimum absolute atomic E-state index is 0.284. The fourth-order valence-electron chi connectivity index (χ4n) is 2.74. The van der Waals surface area contributed by atoms with Crippen LogP contribution in [0.15, 0.2) is 24.3 Å². The van der Waals surface area contributed by atoms with E-state index in [-0.39, 0.29) is 5.92 Å². The normalized spacial score (nSPS) is 19.7. The molecule has 1 saturated heterocycles. The molecule has 5 nitrogen and oxygen atoms in total. The molecule has 1 aliphatic rings. The van der Waals surface area contributed by atoms with Gasteiger partial charge in [-0.05, 0) is 37.1 Å². The summed E-state index contributed by atoms with van der Waals surface area (Å²) in [5.41, 5.74) is 0.311. The number of rotatable bonds is 4. The van der Waals surface area contributed by atoms with Crippen LogP contribution in [0, 0.1) is 0 Å². The van der Waals surface area contributed by atoms with E-state index in [9.17, 15) is 13.2 Å². The number of hydrogen-bond acceptors (Lipinski definition) is 4. The van der Waals surface area contributed by atoms with E-state index in [1.54, 1.807) is 12.1 Å². The first-order valence-corrected chi connectivity index (χ1v) is 7.14. The van der Waals surface area contributed by atoms with Gasteiger partial charge in [-0.25, -0.2) is 0 Å². The molecule has 0 spiro atoms. The van der Waals surface area contributed by atoms with E-state index in [2.05, 4.69) is 25.5 Å². The largest absolute Gasteiger partial charge is 0.416 e. The lowest BCUT2D eigenvalue weighted by molar-refractivity contribution is -0.137. The molecule has 1 atom stereocenters. The summed E-state index contributed by atoms with van der Waals surface area (Å²) in [7, 11) is 0. The van der Waals surface area contributed by atoms with Crippen LogP contribution >= 0.6 is 0 Å². The Balaban J connectivity index is 1.51. The van der Waals surface area contributed by atoms with E-state index < -0.39 is 11.7 Å². The molecule has 3 rings (SSSR count). The molecule has 1 N–H and O–H groups in total. The van der Waals surface area contributed by atoms with Crippen molar-refractivity contribution in [2.75, 3.05) is 19.6 Å². The van der Waals surface area contributed by atoms with E-state index in [1.165, 1.54) is 0 Å². The molecular formula is C14H16F3N5. The fraction of sp³-hybridized carbons (Fsp3) is 0.500. The molecular weight excluding hydrogens is 295 g/mol. The van der Waals surface area contributed by atoms with Crippen molar-refractivity contribution >= 4 is 0 Å². The number of aromatic amines is 1. The number of H-pyrrole nitrogens is 1. The fourth-order valence-corrected chi connectivity index (χ4v) is 2.74. The van der Waals surface area contributed by atoms with Crippen LogP contribution in [0.1, 0.15) is 29.3 Å². The first kappa shape index (κ1) is 15.0. The summed E-state index contributed by atoms with van der Waals surface area (Å²) >= 11 is 0. The Morgan fingerprint density at radius 2 is 2.00 bits per heavy atom. The van der Waals surface area contributed by atoms with E-state index in [0.29, 0.717) is 0 Å². The molecule has 1 aromatic carbocycles. The molecule has 1 aliphatic heterocycles. The number of hydrogen-bond donors (Lipinski definition) is 1. The zero-order chi connectivity index (χ0) is 15.6. The Kier molecular flexibility index (Phi) is 4.10. The highest BCUT2D eigenvalue weighted by molar-refractivity contribution is 5.24. The van der Waals surface area contributed by atoms with Crippen molar-refractivity contribution in [1.82, 2.24) is 25.5 Å².